The van der Waals surface area contributed by atoms with E-state index in [1.54, 1.807) is 24.1 Å². The first-order chi connectivity index (χ1) is 9.81. The topological polar surface area (TPSA) is 61.9 Å². The van der Waals surface area contributed by atoms with Crippen LogP contribution in [0.1, 0.15) is 17.4 Å². The molecule has 1 unspecified atom stereocenters. The lowest BCUT2D eigenvalue weighted by Crippen LogP contribution is -2.22. The molecule has 0 bridgehead atoms. The van der Waals surface area contributed by atoms with Crippen molar-refractivity contribution in [2.45, 2.75) is 18.6 Å². The molecule has 2 heterocycles. The predicted molar refractivity (Wildman–Crippen MR) is 65.2 cm³/mol. The summed E-state index contributed by atoms with van der Waals surface area (Å²) in [5, 5.41) is 0. The van der Waals surface area contributed by atoms with Crippen LogP contribution in [0.3, 0.4) is 0 Å². The van der Waals surface area contributed by atoms with Crippen LogP contribution < -0.4 is 0 Å². The minimum Gasteiger partial charge on any atom is -0.467 e. The van der Waals surface area contributed by atoms with E-state index < -0.39 is 23.9 Å². The highest BCUT2D eigenvalue weighted by molar-refractivity contribution is 5.74. The fourth-order valence-electron chi connectivity index (χ4n) is 1.87. The minimum absolute atomic E-state index is 0.112. The Morgan fingerprint density at radius 1 is 1.33 bits per heavy atom. The number of imidazole rings is 2. The lowest BCUT2D eigenvalue weighted by molar-refractivity contribution is -0.145. The Balaban J connectivity index is 2.28. The first-order valence-electron chi connectivity index (χ1n) is 5.96. The Morgan fingerprint density at radius 3 is 2.52 bits per heavy atom. The summed E-state index contributed by atoms with van der Waals surface area (Å²) in [6.45, 7) is 0. The second kappa shape index (κ2) is 5.58. The third-order valence-electron chi connectivity index (χ3n) is 2.89. The highest BCUT2D eigenvalue weighted by atomic mass is 19.4. The highest BCUT2D eigenvalue weighted by Gasteiger charge is 2.35. The largest absolute Gasteiger partial charge is 0.467 e. The number of alkyl halides is 3. The molecule has 0 N–H and O–H groups in total. The van der Waals surface area contributed by atoms with E-state index in [4.69, 9.17) is 0 Å². The van der Waals surface area contributed by atoms with Gasteiger partial charge in [0.1, 0.15) is 6.04 Å². The summed E-state index contributed by atoms with van der Waals surface area (Å²) in [5.41, 5.74) is -0.493. The Hall–Kier alpha value is -2.32. The van der Waals surface area contributed by atoms with Crippen LogP contribution in [-0.4, -0.2) is 32.2 Å². The van der Waals surface area contributed by atoms with Crippen molar-refractivity contribution in [1.82, 2.24) is 19.1 Å². The van der Waals surface area contributed by atoms with Gasteiger partial charge in [-0.3, -0.25) is 0 Å². The van der Waals surface area contributed by atoms with Crippen LogP contribution in [0.2, 0.25) is 0 Å². The Morgan fingerprint density at radius 2 is 2.05 bits per heavy atom. The smallest absolute Gasteiger partial charge is 0.434 e. The van der Waals surface area contributed by atoms with Gasteiger partial charge in [0.15, 0.2) is 5.69 Å². The van der Waals surface area contributed by atoms with Gasteiger partial charge in [0.2, 0.25) is 0 Å². The predicted octanol–water partition coefficient (Wildman–Crippen LogP) is 1.59. The van der Waals surface area contributed by atoms with Crippen molar-refractivity contribution in [2.75, 3.05) is 7.11 Å². The first-order valence-corrected chi connectivity index (χ1v) is 5.96. The normalized spacial score (nSPS) is 13.2. The van der Waals surface area contributed by atoms with E-state index in [2.05, 4.69) is 14.7 Å². The quantitative estimate of drug-likeness (QED) is 0.805. The standard InChI is InChI=1S/C12H13F3N4O2/c1-18-4-8(16-6-18)3-9(11(20)21-2)19-5-10(17-7-19)12(13,14)15/h4-7,9H,3H2,1-2H3. The van der Waals surface area contributed by atoms with Gasteiger partial charge in [-0.05, 0) is 0 Å². The fourth-order valence-corrected chi connectivity index (χ4v) is 1.87. The van der Waals surface area contributed by atoms with Crippen LogP contribution in [0.25, 0.3) is 0 Å². The molecule has 0 aliphatic rings. The molecule has 0 fully saturated rings. The van der Waals surface area contributed by atoms with E-state index in [1.807, 2.05) is 0 Å². The summed E-state index contributed by atoms with van der Waals surface area (Å²) in [6.07, 6.45) is 0.520. The second-order valence-corrected chi connectivity index (χ2v) is 4.48. The lowest BCUT2D eigenvalue weighted by atomic mass is 10.1. The number of methoxy groups -OCH3 is 1. The molecule has 1 atom stereocenters. The summed E-state index contributed by atoms with van der Waals surface area (Å²) in [7, 11) is 2.93. The van der Waals surface area contributed by atoms with Crippen molar-refractivity contribution in [2.24, 2.45) is 7.05 Å². The maximum Gasteiger partial charge on any atom is 0.434 e. The molecule has 2 aromatic rings. The number of esters is 1. The average molecular weight is 302 g/mol. The summed E-state index contributed by atoms with van der Waals surface area (Å²) in [5.74, 6) is -0.660. The van der Waals surface area contributed by atoms with Crippen molar-refractivity contribution in [1.29, 1.82) is 0 Å². The van der Waals surface area contributed by atoms with E-state index in [0.29, 0.717) is 5.69 Å². The van der Waals surface area contributed by atoms with Crippen LogP contribution in [0.4, 0.5) is 13.2 Å². The van der Waals surface area contributed by atoms with E-state index >= 15 is 0 Å². The van der Waals surface area contributed by atoms with Crippen LogP contribution >= 0.6 is 0 Å². The molecular weight excluding hydrogens is 289 g/mol. The minimum atomic E-state index is -4.56. The molecule has 9 heteroatoms. The number of ether oxygens (including phenoxy) is 1. The number of hydrogen-bond acceptors (Lipinski definition) is 4. The molecule has 21 heavy (non-hydrogen) atoms. The molecule has 0 saturated heterocycles. The number of aryl methyl sites for hydroxylation is 1. The van der Waals surface area contributed by atoms with Gasteiger partial charge in [-0.15, -0.1) is 0 Å². The Labute approximate surface area is 118 Å². The van der Waals surface area contributed by atoms with Crippen molar-refractivity contribution in [3.63, 3.8) is 0 Å². The van der Waals surface area contributed by atoms with Crippen LogP contribution in [0.5, 0.6) is 0 Å². The molecule has 0 radical (unpaired) electrons. The number of carbonyl (C=O) groups is 1. The van der Waals surface area contributed by atoms with E-state index in [9.17, 15) is 18.0 Å². The molecule has 0 aliphatic carbocycles. The molecule has 0 amide bonds. The summed E-state index contributed by atoms with van der Waals surface area (Å²) < 4.78 is 45.1. The lowest BCUT2D eigenvalue weighted by Gasteiger charge is -2.14. The zero-order valence-corrected chi connectivity index (χ0v) is 11.3. The van der Waals surface area contributed by atoms with Crippen LogP contribution in [0, 0.1) is 0 Å². The summed E-state index contributed by atoms with van der Waals surface area (Å²) in [4.78, 5) is 19.1. The third-order valence-corrected chi connectivity index (χ3v) is 2.89. The number of aromatic nitrogens is 4. The Bertz CT molecular complexity index is 632. The maximum atomic E-state index is 12.6. The number of rotatable bonds is 4. The first kappa shape index (κ1) is 15.1. The Kier molecular flexibility index (Phi) is 4.01. The van der Waals surface area contributed by atoms with E-state index in [0.717, 1.165) is 17.1 Å². The molecule has 2 rings (SSSR count). The highest BCUT2D eigenvalue weighted by Crippen LogP contribution is 2.28. The van der Waals surface area contributed by atoms with Crippen LogP contribution in [0.15, 0.2) is 25.0 Å². The van der Waals surface area contributed by atoms with E-state index in [1.165, 1.54) is 7.11 Å². The molecule has 0 spiro atoms. The van der Waals surface area contributed by atoms with Gasteiger partial charge in [0.25, 0.3) is 0 Å². The van der Waals surface area contributed by atoms with Gasteiger partial charge in [-0.1, -0.05) is 0 Å². The maximum absolute atomic E-state index is 12.6. The third kappa shape index (κ3) is 3.41. The molecule has 2 aromatic heterocycles. The fraction of sp³-hybridized carbons (Fsp3) is 0.417. The number of carbonyl (C=O) groups excluding carboxylic acids is 1. The van der Waals surface area contributed by atoms with Gasteiger partial charge >= 0.3 is 12.1 Å². The average Bonchev–Trinajstić information content (AvgIpc) is 3.03. The molecule has 6 nitrogen and oxygen atoms in total. The number of nitrogens with zero attached hydrogens (tertiary/aromatic N) is 4. The molecular formula is C12H13F3N4O2. The van der Waals surface area contributed by atoms with Gasteiger partial charge in [-0.2, -0.15) is 13.2 Å². The zero-order chi connectivity index (χ0) is 15.6. The number of hydrogen-bond donors (Lipinski definition) is 0. The number of halogens is 3. The van der Waals surface area contributed by atoms with Crippen LogP contribution in [-0.2, 0) is 29.2 Å². The second-order valence-electron chi connectivity index (χ2n) is 4.48. The van der Waals surface area contributed by atoms with Crippen molar-refractivity contribution >= 4 is 5.97 Å². The van der Waals surface area contributed by atoms with Gasteiger partial charge in [0.05, 0.1) is 25.5 Å². The zero-order valence-electron chi connectivity index (χ0n) is 11.3. The molecule has 0 aromatic carbocycles. The molecule has 0 saturated carbocycles. The van der Waals surface area contributed by atoms with E-state index in [-0.39, 0.29) is 6.42 Å². The van der Waals surface area contributed by atoms with Crippen molar-refractivity contribution in [3.8, 4) is 0 Å². The molecule has 0 aliphatic heterocycles. The van der Waals surface area contributed by atoms with Gasteiger partial charge in [-0.25, -0.2) is 14.8 Å². The van der Waals surface area contributed by atoms with Crippen molar-refractivity contribution < 1.29 is 22.7 Å². The summed E-state index contributed by atoms with van der Waals surface area (Å²) >= 11 is 0. The summed E-state index contributed by atoms with van der Waals surface area (Å²) in [6, 6.07) is -0.950. The molecule has 114 valence electrons. The van der Waals surface area contributed by atoms with Crippen molar-refractivity contribution in [3.05, 3.63) is 36.4 Å². The SMILES string of the molecule is COC(=O)C(Cc1cn(C)cn1)n1cnc(C(F)(F)F)c1. The van der Waals surface area contributed by atoms with Gasteiger partial charge < -0.3 is 13.9 Å². The monoisotopic (exact) mass is 302 g/mol. The van der Waals surface area contributed by atoms with Gasteiger partial charge in [0, 0.05) is 25.9 Å².